The highest BCUT2D eigenvalue weighted by Crippen LogP contribution is 2.29. The Kier molecular flexibility index (Phi) is 6.01. The maximum absolute atomic E-state index is 12.9. The van der Waals surface area contributed by atoms with Crippen LogP contribution in [0.25, 0.3) is 0 Å². The fourth-order valence-corrected chi connectivity index (χ4v) is 3.55. The van der Waals surface area contributed by atoms with Gasteiger partial charge in [-0.05, 0) is 49.9 Å². The molecule has 0 fully saturated rings. The predicted molar refractivity (Wildman–Crippen MR) is 106 cm³/mol. The van der Waals surface area contributed by atoms with Crippen molar-refractivity contribution in [2.24, 2.45) is 0 Å². The van der Waals surface area contributed by atoms with Crippen LogP contribution in [0.15, 0.2) is 30.4 Å². The van der Waals surface area contributed by atoms with Gasteiger partial charge in [0.25, 0.3) is 5.91 Å². The van der Waals surface area contributed by atoms with Crippen LogP contribution in [0.1, 0.15) is 39.2 Å². The summed E-state index contributed by atoms with van der Waals surface area (Å²) in [5, 5.41) is 3.45. The molecule has 1 aliphatic heterocycles. The van der Waals surface area contributed by atoms with Crippen molar-refractivity contribution in [3.05, 3.63) is 63.3 Å². The molecule has 1 N–H and O–H groups in total. The fraction of sp³-hybridized carbons (Fsp3) is 0.333. The Bertz CT molecular complexity index is 893. The fourth-order valence-electron chi connectivity index (χ4n) is 3.35. The highest BCUT2D eigenvalue weighted by atomic mass is 35.5. The minimum Gasteiger partial charge on any atom is -0.496 e. The molecule has 0 spiro atoms. The Balaban J connectivity index is 2.04. The third-order valence-corrected chi connectivity index (χ3v) is 4.85. The molecular weight excluding hydrogens is 364 g/mol. The SMILES string of the molecule is COc1cc(Cl)cc2c1CC=CCCc1cc(C)nc(OC)c1CNC2=O. The van der Waals surface area contributed by atoms with Gasteiger partial charge in [-0.25, -0.2) is 4.98 Å². The van der Waals surface area contributed by atoms with Gasteiger partial charge in [0.2, 0.25) is 5.88 Å². The molecule has 2 heterocycles. The zero-order valence-corrected chi connectivity index (χ0v) is 16.5. The number of halogens is 1. The molecule has 2 aromatic rings. The van der Waals surface area contributed by atoms with Crippen molar-refractivity contribution < 1.29 is 14.3 Å². The van der Waals surface area contributed by atoms with E-state index in [9.17, 15) is 4.79 Å². The van der Waals surface area contributed by atoms with Crippen LogP contribution < -0.4 is 14.8 Å². The zero-order chi connectivity index (χ0) is 19.4. The van der Waals surface area contributed by atoms with E-state index in [2.05, 4.69) is 28.5 Å². The number of amides is 1. The van der Waals surface area contributed by atoms with Gasteiger partial charge in [-0.15, -0.1) is 0 Å². The van der Waals surface area contributed by atoms with Crippen molar-refractivity contribution in [1.82, 2.24) is 10.3 Å². The lowest BCUT2D eigenvalue weighted by Crippen LogP contribution is -2.25. The van der Waals surface area contributed by atoms with Crippen molar-refractivity contribution in [3.8, 4) is 11.6 Å². The van der Waals surface area contributed by atoms with E-state index in [1.807, 2.05) is 6.92 Å². The number of fused-ring (bicyclic) bond motifs is 2. The van der Waals surface area contributed by atoms with Crippen LogP contribution in [-0.2, 0) is 19.4 Å². The lowest BCUT2D eigenvalue weighted by atomic mass is 9.99. The van der Waals surface area contributed by atoms with Crippen molar-refractivity contribution in [3.63, 3.8) is 0 Å². The molecule has 0 atom stereocenters. The van der Waals surface area contributed by atoms with Crippen LogP contribution in [0.4, 0.5) is 0 Å². The second kappa shape index (κ2) is 8.44. The Morgan fingerprint density at radius 2 is 1.93 bits per heavy atom. The third kappa shape index (κ3) is 4.25. The standard InChI is InChI=1S/C21H23ClN2O3/c1-13-9-14-7-5-4-6-8-16-17(10-15(22)11-19(16)26-2)20(25)23-12-18(14)21(24-13)27-3/h4,6,9-11H,5,7-8,12H2,1-3H3,(H,23,25). The lowest BCUT2D eigenvalue weighted by molar-refractivity contribution is 0.0949. The molecule has 142 valence electrons. The number of allylic oxidation sites excluding steroid dienone is 2. The zero-order valence-electron chi connectivity index (χ0n) is 15.8. The number of ether oxygens (including phenoxy) is 2. The summed E-state index contributed by atoms with van der Waals surface area (Å²) >= 11 is 6.19. The Labute approximate surface area is 164 Å². The third-order valence-electron chi connectivity index (χ3n) is 4.63. The number of methoxy groups -OCH3 is 2. The number of hydrogen-bond acceptors (Lipinski definition) is 4. The van der Waals surface area contributed by atoms with Crippen LogP contribution >= 0.6 is 11.6 Å². The van der Waals surface area contributed by atoms with Gasteiger partial charge in [0, 0.05) is 34.0 Å². The highest BCUT2D eigenvalue weighted by Gasteiger charge is 2.19. The van der Waals surface area contributed by atoms with Crippen molar-refractivity contribution >= 4 is 17.5 Å². The van der Waals surface area contributed by atoms with Crippen LogP contribution in [0.3, 0.4) is 0 Å². The molecule has 0 unspecified atom stereocenters. The molecule has 6 heteroatoms. The minimum atomic E-state index is -0.201. The second-order valence-electron chi connectivity index (χ2n) is 6.44. The number of nitrogens with zero attached hydrogens (tertiary/aromatic N) is 1. The summed E-state index contributed by atoms with van der Waals surface area (Å²) < 4.78 is 10.9. The number of nitrogens with one attached hydrogen (secondary N) is 1. The van der Waals surface area contributed by atoms with Crippen LogP contribution in [0, 0.1) is 6.92 Å². The first-order valence-corrected chi connectivity index (χ1v) is 9.24. The molecule has 1 amide bonds. The van der Waals surface area contributed by atoms with Gasteiger partial charge in [0.15, 0.2) is 0 Å². The van der Waals surface area contributed by atoms with Gasteiger partial charge in [0.05, 0.1) is 14.2 Å². The molecule has 0 saturated heterocycles. The van der Waals surface area contributed by atoms with E-state index >= 15 is 0 Å². The Morgan fingerprint density at radius 3 is 2.67 bits per heavy atom. The molecule has 1 aromatic heterocycles. The molecule has 1 aromatic carbocycles. The smallest absolute Gasteiger partial charge is 0.252 e. The van der Waals surface area contributed by atoms with Gasteiger partial charge in [-0.1, -0.05) is 23.8 Å². The average Bonchev–Trinajstić information content (AvgIpc) is 2.65. The topological polar surface area (TPSA) is 60.5 Å². The number of hydrogen-bond donors (Lipinski definition) is 1. The summed E-state index contributed by atoms with van der Waals surface area (Å²) in [6.07, 6.45) is 6.54. The maximum atomic E-state index is 12.9. The lowest BCUT2D eigenvalue weighted by Gasteiger charge is -2.17. The van der Waals surface area contributed by atoms with E-state index in [1.165, 1.54) is 0 Å². The molecule has 3 rings (SSSR count). The Morgan fingerprint density at radius 1 is 1.11 bits per heavy atom. The normalized spacial score (nSPS) is 14.3. The minimum absolute atomic E-state index is 0.201. The molecule has 0 aliphatic carbocycles. The van der Waals surface area contributed by atoms with Crippen LogP contribution in [0.2, 0.25) is 5.02 Å². The number of aryl methyl sites for hydroxylation is 2. The van der Waals surface area contributed by atoms with Crippen molar-refractivity contribution in [2.45, 2.75) is 32.7 Å². The van der Waals surface area contributed by atoms with Gasteiger partial charge >= 0.3 is 0 Å². The van der Waals surface area contributed by atoms with Crippen molar-refractivity contribution in [2.75, 3.05) is 14.2 Å². The first-order valence-electron chi connectivity index (χ1n) is 8.86. The summed E-state index contributed by atoms with van der Waals surface area (Å²) in [6, 6.07) is 5.47. The van der Waals surface area contributed by atoms with E-state index in [-0.39, 0.29) is 5.91 Å². The number of carbonyl (C=O) groups is 1. The van der Waals surface area contributed by atoms with E-state index in [1.54, 1.807) is 26.4 Å². The summed E-state index contributed by atoms with van der Waals surface area (Å²) in [7, 11) is 3.18. The second-order valence-corrected chi connectivity index (χ2v) is 6.88. The number of rotatable bonds is 2. The number of carbonyl (C=O) groups excluding carboxylic acids is 1. The molecule has 0 saturated carbocycles. The van der Waals surface area contributed by atoms with E-state index < -0.39 is 0 Å². The quantitative estimate of drug-likeness (QED) is 0.791. The van der Waals surface area contributed by atoms with E-state index in [4.69, 9.17) is 21.1 Å². The van der Waals surface area contributed by atoms with E-state index in [0.717, 1.165) is 35.2 Å². The highest BCUT2D eigenvalue weighted by molar-refractivity contribution is 6.31. The van der Waals surface area contributed by atoms with Crippen molar-refractivity contribution in [1.29, 1.82) is 0 Å². The summed E-state index contributed by atoms with van der Waals surface area (Å²) in [6.45, 7) is 2.28. The summed E-state index contributed by atoms with van der Waals surface area (Å²) in [4.78, 5) is 17.4. The largest absolute Gasteiger partial charge is 0.496 e. The number of benzene rings is 1. The molecule has 0 radical (unpaired) electrons. The van der Waals surface area contributed by atoms with Gasteiger partial charge < -0.3 is 14.8 Å². The number of aromatic nitrogens is 1. The summed E-state index contributed by atoms with van der Waals surface area (Å²) in [5.74, 6) is 0.966. The van der Waals surface area contributed by atoms with Gasteiger partial charge in [-0.2, -0.15) is 0 Å². The van der Waals surface area contributed by atoms with Gasteiger partial charge in [-0.3, -0.25) is 4.79 Å². The maximum Gasteiger partial charge on any atom is 0.252 e. The monoisotopic (exact) mass is 386 g/mol. The van der Waals surface area contributed by atoms with E-state index in [0.29, 0.717) is 35.2 Å². The molecule has 27 heavy (non-hydrogen) atoms. The molecule has 0 bridgehead atoms. The average molecular weight is 387 g/mol. The van der Waals surface area contributed by atoms with Crippen LogP contribution in [-0.4, -0.2) is 25.1 Å². The number of pyridine rings is 1. The predicted octanol–water partition coefficient (Wildman–Crippen LogP) is 4.04. The first-order chi connectivity index (χ1) is 13.0. The summed E-state index contributed by atoms with van der Waals surface area (Å²) in [5.41, 5.74) is 4.28. The van der Waals surface area contributed by atoms with Crippen LogP contribution in [0.5, 0.6) is 11.6 Å². The van der Waals surface area contributed by atoms with Gasteiger partial charge in [0.1, 0.15) is 5.75 Å². The molecule has 1 aliphatic rings. The molecule has 5 nitrogen and oxygen atoms in total. The Hall–Kier alpha value is -2.53. The first kappa shape index (κ1) is 19.2. The molecular formula is C21H23ClN2O3.